The number of aliphatic hydroxyl groups excluding tert-OH is 1. The Morgan fingerprint density at radius 3 is 2.93 bits per heavy atom. The van der Waals surface area contributed by atoms with E-state index in [4.69, 9.17) is 9.26 Å². The van der Waals surface area contributed by atoms with Crippen molar-refractivity contribution in [1.82, 2.24) is 10.1 Å². The molecule has 1 aromatic heterocycles. The van der Waals surface area contributed by atoms with E-state index in [0.29, 0.717) is 19.7 Å². The highest BCUT2D eigenvalue weighted by atomic mass is 16.5. The lowest BCUT2D eigenvalue weighted by Gasteiger charge is -2.18. The van der Waals surface area contributed by atoms with Crippen LogP contribution in [0.15, 0.2) is 10.6 Å². The largest absolute Gasteiger partial charge is 0.389 e. The molecule has 5 heteroatoms. The van der Waals surface area contributed by atoms with Crippen molar-refractivity contribution in [1.29, 1.82) is 0 Å². The highest BCUT2D eigenvalue weighted by Crippen LogP contribution is 2.05. The fourth-order valence-corrected chi connectivity index (χ4v) is 1.43. The Bertz CT molecular complexity index is 288. The summed E-state index contributed by atoms with van der Waals surface area (Å²) in [6.45, 7) is 3.42. The van der Waals surface area contributed by atoms with Crippen LogP contribution < -0.4 is 0 Å². The summed E-state index contributed by atoms with van der Waals surface area (Å²) < 4.78 is 9.92. The number of ether oxygens (including phenoxy) is 1. The smallest absolute Gasteiger partial charge is 0.150 e. The molecule has 15 heavy (non-hydrogen) atoms. The lowest BCUT2D eigenvalue weighted by Crippen LogP contribution is -2.31. The lowest BCUT2D eigenvalue weighted by atomic mass is 10.3. The van der Waals surface area contributed by atoms with Gasteiger partial charge < -0.3 is 14.4 Å². The van der Waals surface area contributed by atoms with Crippen LogP contribution in [0, 0.1) is 6.92 Å². The summed E-state index contributed by atoms with van der Waals surface area (Å²) in [4.78, 5) is 1.96. The molecule has 0 bridgehead atoms. The maximum atomic E-state index is 9.49. The van der Waals surface area contributed by atoms with E-state index in [0.717, 1.165) is 11.5 Å². The van der Waals surface area contributed by atoms with Crippen LogP contribution in [-0.2, 0) is 11.3 Å². The van der Waals surface area contributed by atoms with E-state index in [9.17, 15) is 5.11 Å². The number of aliphatic hydroxyl groups is 1. The van der Waals surface area contributed by atoms with Crippen LogP contribution in [0.4, 0.5) is 0 Å². The van der Waals surface area contributed by atoms with Crippen molar-refractivity contribution in [2.45, 2.75) is 19.6 Å². The van der Waals surface area contributed by atoms with Gasteiger partial charge in [-0.15, -0.1) is 0 Å². The Balaban J connectivity index is 2.32. The van der Waals surface area contributed by atoms with E-state index < -0.39 is 6.10 Å². The van der Waals surface area contributed by atoms with Crippen molar-refractivity contribution in [2.75, 3.05) is 27.3 Å². The number of likely N-dealkylation sites (N-methyl/N-ethyl adjacent to an activating group) is 1. The average Bonchev–Trinajstić information content (AvgIpc) is 2.51. The second-order valence-electron chi connectivity index (χ2n) is 3.74. The maximum absolute atomic E-state index is 9.49. The van der Waals surface area contributed by atoms with Crippen LogP contribution in [0.2, 0.25) is 0 Å². The van der Waals surface area contributed by atoms with Crippen LogP contribution in [0.1, 0.15) is 11.5 Å². The van der Waals surface area contributed by atoms with Gasteiger partial charge in [-0.05, 0) is 14.0 Å². The predicted octanol–water partition coefficient (Wildman–Crippen LogP) is 0.422. The molecule has 0 fully saturated rings. The lowest BCUT2D eigenvalue weighted by molar-refractivity contribution is 0.0403. The SMILES string of the molecule is COCC(O)CN(C)Cc1cc(C)no1. The summed E-state index contributed by atoms with van der Waals surface area (Å²) in [7, 11) is 3.49. The normalized spacial score (nSPS) is 13.4. The van der Waals surface area contributed by atoms with Gasteiger partial charge in [0, 0.05) is 19.7 Å². The summed E-state index contributed by atoms with van der Waals surface area (Å²) in [5.41, 5.74) is 0.871. The Hall–Kier alpha value is -0.910. The number of methoxy groups -OCH3 is 1. The number of aryl methyl sites for hydroxylation is 1. The molecule has 0 aromatic carbocycles. The average molecular weight is 214 g/mol. The molecule has 0 spiro atoms. The molecule has 1 atom stereocenters. The first kappa shape index (κ1) is 12.2. The molecular weight excluding hydrogens is 196 g/mol. The molecular formula is C10H18N2O3. The summed E-state index contributed by atoms with van der Waals surface area (Å²) in [6, 6.07) is 1.89. The quantitative estimate of drug-likeness (QED) is 0.743. The maximum Gasteiger partial charge on any atom is 0.150 e. The van der Waals surface area contributed by atoms with E-state index >= 15 is 0 Å². The van der Waals surface area contributed by atoms with Crippen molar-refractivity contribution in [2.24, 2.45) is 0 Å². The summed E-state index contributed by atoms with van der Waals surface area (Å²) in [5.74, 6) is 0.805. The molecule has 0 aliphatic rings. The topological polar surface area (TPSA) is 58.7 Å². The van der Waals surface area contributed by atoms with Crippen LogP contribution in [-0.4, -0.2) is 48.6 Å². The van der Waals surface area contributed by atoms with E-state index in [2.05, 4.69) is 5.16 Å². The highest BCUT2D eigenvalue weighted by Gasteiger charge is 2.10. The van der Waals surface area contributed by atoms with Gasteiger partial charge in [-0.2, -0.15) is 0 Å². The number of hydrogen-bond acceptors (Lipinski definition) is 5. The highest BCUT2D eigenvalue weighted by molar-refractivity contribution is 5.02. The molecule has 0 aliphatic carbocycles. The third kappa shape index (κ3) is 4.42. The molecule has 0 saturated carbocycles. The zero-order valence-corrected chi connectivity index (χ0v) is 9.43. The minimum Gasteiger partial charge on any atom is -0.389 e. The van der Waals surface area contributed by atoms with Gasteiger partial charge in [-0.1, -0.05) is 5.16 Å². The van der Waals surface area contributed by atoms with Gasteiger partial charge in [0.25, 0.3) is 0 Å². The van der Waals surface area contributed by atoms with Gasteiger partial charge in [-0.3, -0.25) is 4.90 Å². The molecule has 5 nitrogen and oxygen atoms in total. The number of rotatable bonds is 6. The van der Waals surface area contributed by atoms with Crippen LogP contribution in [0.25, 0.3) is 0 Å². The molecule has 1 heterocycles. The molecule has 1 unspecified atom stereocenters. The predicted molar refractivity (Wildman–Crippen MR) is 55.5 cm³/mol. The van der Waals surface area contributed by atoms with Crippen molar-refractivity contribution in [3.05, 3.63) is 17.5 Å². The van der Waals surface area contributed by atoms with Crippen molar-refractivity contribution in [3.8, 4) is 0 Å². The van der Waals surface area contributed by atoms with Gasteiger partial charge in [0.15, 0.2) is 5.76 Å². The summed E-state index contributed by atoms with van der Waals surface area (Å²) >= 11 is 0. The van der Waals surface area contributed by atoms with Crippen molar-refractivity contribution >= 4 is 0 Å². The molecule has 0 radical (unpaired) electrons. The van der Waals surface area contributed by atoms with Gasteiger partial charge in [0.1, 0.15) is 0 Å². The van der Waals surface area contributed by atoms with Gasteiger partial charge in [0.2, 0.25) is 0 Å². The third-order valence-corrected chi connectivity index (χ3v) is 1.98. The Labute approximate surface area is 89.6 Å². The second kappa shape index (κ2) is 5.85. The van der Waals surface area contributed by atoms with E-state index in [1.165, 1.54) is 0 Å². The number of aromatic nitrogens is 1. The van der Waals surface area contributed by atoms with E-state index in [-0.39, 0.29) is 0 Å². The van der Waals surface area contributed by atoms with Crippen LogP contribution in [0.3, 0.4) is 0 Å². The molecule has 1 aromatic rings. The summed E-state index contributed by atoms with van der Waals surface area (Å²) in [5, 5.41) is 13.3. The molecule has 1 rings (SSSR count). The van der Waals surface area contributed by atoms with Gasteiger partial charge in [0.05, 0.1) is 24.9 Å². The zero-order chi connectivity index (χ0) is 11.3. The third-order valence-electron chi connectivity index (χ3n) is 1.98. The van der Waals surface area contributed by atoms with Crippen molar-refractivity contribution in [3.63, 3.8) is 0 Å². The monoisotopic (exact) mass is 214 g/mol. The first-order valence-corrected chi connectivity index (χ1v) is 4.89. The second-order valence-corrected chi connectivity index (χ2v) is 3.74. The van der Waals surface area contributed by atoms with Gasteiger partial charge in [-0.25, -0.2) is 0 Å². The first-order valence-electron chi connectivity index (χ1n) is 4.89. The van der Waals surface area contributed by atoms with Gasteiger partial charge >= 0.3 is 0 Å². The number of nitrogens with zero attached hydrogens (tertiary/aromatic N) is 2. The van der Waals surface area contributed by atoms with Crippen LogP contribution >= 0.6 is 0 Å². The molecule has 0 aliphatic heterocycles. The van der Waals surface area contributed by atoms with E-state index in [1.807, 2.05) is 24.9 Å². The fourth-order valence-electron chi connectivity index (χ4n) is 1.43. The standard InChI is InChI=1S/C10H18N2O3/c1-8-4-10(15-11-8)6-12(2)5-9(13)7-14-3/h4,9,13H,5-7H2,1-3H3. The Morgan fingerprint density at radius 2 is 2.40 bits per heavy atom. The first-order chi connectivity index (χ1) is 7.11. The molecule has 0 amide bonds. The molecule has 1 N–H and O–H groups in total. The minimum absolute atomic E-state index is 0.347. The van der Waals surface area contributed by atoms with E-state index in [1.54, 1.807) is 7.11 Å². The Morgan fingerprint density at radius 1 is 1.67 bits per heavy atom. The summed E-state index contributed by atoms with van der Waals surface area (Å²) in [6.07, 6.45) is -0.469. The molecule has 0 saturated heterocycles. The van der Waals surface area contributed by atoms with Crippen molar-refractivity contribution < 1.29 is 14.4 Å². The Kier molecular flexibility index (Phi) is 4.74. The molecule has 86 valence electrons. The minimum atomic E-state index is -0.469. The van der Waals surface area contributed by atoms with Crippen LogP contribution in [0.5, 0.6) is 0 Å². The zero-order valence-electron chi connectivity index (χ0n) is 9.43. The number of hydrogen-bond donors (Lipinski definition) is 1. The fraction of sp³-hybridized carbons (Fsp3) is 0.700.